The fraction of sp³-hybridized carbons (Fsp3) is 0.727. The van der Waals surface area contributed by atoms with Gasteiger partial charge in [-0.1, -0.05) is 0 Å². The van der Waals surface area contributed by atoms with E-state index in [0.29, 0.717) is 0 Å². The number of nitrogens with one attached hydrogen (secondary N) is 1. The van der Waals surface area contributed by atoms with E-state index in [2.05, 4.69) is 38.0 Å². The molecule has 0 spiro atoms. The molecule has 0 aliphatic rings. The quantitative estimate of drug-likeness (QED) is 0.776. The number of nitrogens with zero attached hydrogens (tertiary/aromatic N) is 1. The van der Waals surface area contributed by atoms with Gasteiger partial charge in [-0.2, -0.15) is 0 Å². The minimum atomic E-state index is 0.240. The number of aryl methyl sites for hydroxylation is 2. The van der Waals surface area contributed by atoms with Crippen LogP contribution in [0.1, 0.15) is 37.1 Å². The molecule has 0 amide bonds. The summed E-state index contributed by atoms with van der Waals surface area (Å²) >= 11 is 1.81. The van der Waals surface area contributed by atoms with Gasteiger partial charge in [-0.3, -0.25) is 0 Å². The molecule has 0 fully saturated rings. The summed E-state index contributed by atoms with van der Waals surface area (Å²) in [6.45, 7) is 9.74. The van der Waals surface area contributed by atoms with E-state index < -0.39 is 0 Å². The molecular formula is C11H20N2S. The van der Waals surface area contributed by atoms with Crippen LogP contribution < -0.4 is 5.32 Å². The van der Waals surface area contributed by atoms with Crippen LogP contribution in [0.5, 0.6) is 0 Å². The maximum absolute atomic E-state index is 4.24. The first-order valence-corrected chi connectivity index (χ1v) is 5.95. The van der Waals surface area contributed by atoms with Crippen molar-refractivity contribution in [1.29, 1.82) is 0 Å². The molecule has 3 heteroatoms. The van der Waals surface area contributed by atoms with Gasteiger partial charge >= 0.3 is 0 Å². The van der Waals surface area contributed by atoms with E-state index >= 15 is 0 Å². The first-order chi connectivity index (χ1) is 6.47. The van der Waals surface area contributed by atoms with Gasteiger partial charge in [0.1, 0.15) is 0 Å². The lowest BCUT2D eigenvalue weighted by Gasteiger charge is -2.20. The predicted molar refractivity (Wildman–Crippen MR) is 62.9 cm³/mol. The maximum Gasteiger partial charge on any atom is 0.0896 e. The van der Waals surface area contributed by atoms with Gasteiger partial charge in [0.25, 0.3) is 0 Å². The van der Waals surface area contributed by atoms with Gasteiger partial charge in [-0.15, -0.1) is 11.3 Å². The fourth-order valence-corrected chi connectivity index (χ4v) is 2.08. The Balaban J connectivity index is 2.16. The minimum absolute atomic E-state index is 0.240. The summed E-state index contributed by atoms with van der Waals surface area (Å²) in [6.07, 6.45) is 4.34. The van der Waals surface area contributed by atoms with E-state index in [0.717, 1.165) is 13.0 Å². The molecule has 1 N–H and O–H groups in total. The summed E-state index contributed by atoms with van der Waals surface area (Å²) in [6, 6.07) is 0. The summed E-state index contributed by atoms with van der Waals surface area (Å²) in [5.74, 6) is 0. The summed E-state index contributed by atoms with van der Waals surface area (Å²) in [5, 5.41) is 4.65. The molecule has 0 unspecified atom stereocenters. The van der Waals surface area contributed by atoms with E-state index in [9.17, 15) is 0 Å². The van der Waals surface area contributed by atoms with Crippen molar-refractivity contribution in [2.24, 2.45) is 0 Å². The van der Waals surface area contributed by atoms with Crippen LogP contribution in [0.25, 0.3) is 0 Å². The Bertz CT molecular complexity index is 273. The van der Waals surface area contributed by atoms with Gasteiger partial charge in [0.15, 0.2) is 0 Å². The maximum atomic E-state index is 4.24. The van der Waals surface area contributed by atoms with Crippen molar-refractivity contribution < 1.29 is 0 Å². The fourth-order valence-electron chi connectivity index (χ4n) is 1.25. The average molecular weight is 212 g/mol. The van der Waals surface area contributed by atoms with Crippen LogP contribution in [0, 0.1) is 6.92 Å². The molecule has 0 aliphatic heterocycles. The molecule has 1 aromatic rings. The highest BCUT2D eigenvalue weighted by atomic mass is 32.1. The first kappa shape index (κ1) is 11.7. The zero-order valence-electron chi connectivity index (χ0n) is 9.55. The number of hydrogen-bond donors (Lipinski definition) is 1. The summed E-state index contributed by atoms with van der Waals surface area (Å²) < 4.78 is 0. The average Bonchev–Trinajstić information content (AvgIpc) is 2.44. The number of hydrogen-bond acceptors (Lipinski definition) is 3. The van der Waals surface area contributed by atoms with E-state index in [1.165, 1.54) is 16.3 Å². The van der Waals surface area contributed by atoms with E-state index in [1.807, 2.05) is 6.20 Å². The summed E-state index contributed by atoms with van der Waals surface area (Å²) in [5.41, 5.74) is 0.240. The van der Waals surface area contributed by atoms with Crippen molar-refractivity contribution in [3.63, 3.8) is 0 Å². The molecule has 2 nitrogen and oxygen atoms in total. The molecule has 1 heterocycles. The molecule has 1 aromatic heterocycles. The molecule has 0 atom stereocenters. The van der Waals surface area contributed by atoms with E-state index in [-0.39, 0.29) is 5.54 Å². The third-order valence-electron chi connectivity index (χ3n) is 1.92. The lowest BCUT2D eigenvalue weighted by atomic mass is 10.1. The second-order valence-electron chi connectivity index (χ2n) is 4.63. The van der Waals surface area contributed by atoms with Gasteiger partial charge in [0.05, 0.1) is 5.01 Å². The Morgan fingerprint density at radius 3 is 2.64 bits per heavy atom. The summed E-state index contributed by atoms with van der Waals surface area (Å²) in [4.78, 5) is 5.64. The molecule has 80 valence electrons. The molecule has 0 saturated heterocycles. The standard InChI is InChI=1S/C11H20N2S/c1-9-12-8-10(14-9)6-5-7-13-11(2,3)4/h8,13H,5-7H2,1-4H3. The molecule has 0 bridgehead atoms. The van der Waals surface area contributed by atoms with E-state index in [1.54, 1.807) is 11.3 Å². The first-order valence-electron chi connectivity index (χ1n) is 5.14. The third-order valence-corrected chi connectivity index (χ3v) is 2.90. The molecular weight excluding hydrogens is 192 g/mol. The monoisotopic (exact) mass is 212 g/mol. The van der Waals surface area contributed by atoms with Crippen molar-refractivity contribution in [2.75, 3.05) is 6.54 Å². The van der Waals surface area contributed by atoms with Crippen LogP contribution in [0.4, 0.5) is 0 Å². The molecule has 1 rings (SSSR count). The third kappa shape index (κ3) is 4.72. The normalized spacial score (nSPS) is 12.0. The number of thiazole rings is 1. The Hall–Kier alpha value is -0.410. The minimum Gasteiger partial charge on any atom is -0.312 e. The lowest BCUT2D eigenvalue weighted by Crippen LogP contribution is -2.36. The second kappa shape index (κ2) is 4.89. The van der Waals surface area contributed by atoms with Gasteiger partial charge in [-0.05, 0) is 47.1 Å². The van der Waals surface area contributed by atoms with Crippen LogP contribution >= 0.6 is 11.3 Å². The van der Waals surface area contributed by atoms with Crippen molar-refractivity contribution in [2.45, 2.75) is 46.1 Å². The number of aromatic nitrogens is 1. The van der Waals surface area contributed by atoms with Gasteiger partial charge in [-0.25, -0.2) is 4.98 Å². The van der Waals surface area contributed by atoms with Crippen molar-refractivity contribution >= 4 is 11.3 Å². The molecule has 0 radical (unpaired) electrons. The van der Waals surface area contributed by atoms with Crippen LogP contribution in [0.2, 0.25) is 0 Å². The highest BCUT2D eigenvalue weighted by molar-refractivity contribution is 7.11. The summed E-state index contributed by atoms with van der Waals surface area (Å²) in [7, 11) is 0. The number of rotatable bonds is 4. The second-order valence-corrected chi connectivity index (χ2v) is 5.95. The topological polar surface area (TPSA) is 24.9 Å². The Morgan fingerprint density at radius 2 is 2.14 bits per heavy atom. The molecule has 0 aliphatic carbocycles. The van der Waals surface area contributed by atoms with Crippen LogP contribution in [0.3, 0.4) is 0 Å². The predicted octanol–water partition coefficient (Wildman–Crippen LogP) is 2.77. The molecule has 0 aromatic carbocycles. The highest BCUT2D eigenvalue weighted by Gasteiger charge is 2.07. The Morgan fingerprint density at radius 1 is 1.43 bits per heavy atom. The van der Waals surface area contributed by atoms with E-state index in [4.69, 9.17) is 0 Å². The largest absolute Gasteiger partial charge is 0.312 e. The Labute approximate surface area is 90.8 Å². The smallest absolute Gasteiger partial charge is 0.0896 e. The van der Waals surface area contributed by atoms with Crippen LogP contribution in [-0.4, -0.2) is 17.1 Å². The zero-order chi connectivity index (χ0) is 10.6. The van der Waals surface area contributed by atoms with Crippen molar-refractivity contribution in [1.82, 2.24) is 10.3 Å². The van der Waals surface area contributed by atoms with Crippen LogP contribution in [0.15, 0.2) is 6.20 Å². The SMILES string of the molecule is Cc1ncc(CCCNC(C)(C)C)s1. The van der Waals surface area contributed by atoms with Gasteiger partial charge in [0.2, 0.25) is 0 Å². The van der Waals surface area contributed by atoms with Gasteiger partial charge in [0, 0.05) is 16.6 Å². The molecule has 14 heavy (non-hydrogen) atoms. The van der Waals surface area contributed by atoms with Crippen molar-refractivity contribution in [3.8, 4) is 0 Å². The Kier molecular flexibility index (Phi) is 4.08. The highest BCUT2D eigenvalue weighted by Crippen LogP contribution is 2.13. The zero-order valence-corrected chi connectivity index (χ0v) is 10.4. The lowest BCUT2D eigenvalue weighted by molar-refractivity contribution is 0.422. The van der Waals surface area contributed by atoms with Crippen LogP contribution in [-0.2, 0) is 6.42 Å². The van der Waals surface area contributed by atoms with Crippen molar-refractivity contribution in [3.05, 3.63) is 16.1 Å². The van der Waals surface area contributed by atoms with Gasteiger partial charge < -0.3 is 5.32 Å². The molecule has 0 saturated carbocycles.